The molecule has 2 amide bonds. The highest BCUT2D eigenvalue weighted by molar-refractivity contribution is 5.93. The van der Waals surface area contributed by atoms with Crippen LogP contribution in [0.4, 0.5) is 0 Å². The van der Waals surface area contributed by atoms with Crippen molar-refractivity contribution in [2.24, 2.45) is 0 Å². The first-order valence-electron chi connectivity index (χ1n) is 10.2. The third-order valence-electron chi connectivity index (χ3n) is 5.68. The molecule has 1 aliphatic carbocycles. The van der Waals surface area contributed by atoms with Crippen molar-refractivity contribution < 1.29 is 9.59 Å². The van der Waals surface area contributed by atoms with Crippen LogP contribution in [0.5, 0.6) is 0 Å². The molecule has 1 N–H and O–H groups in total. The molecule has 1 saturated heterocycles. The Kier molecular flexibility index (Phi) is 5.40. The van der Waals surface area contributed by atoms with E-state index in [9.17, 15) is 9.59 Å². The topological polar surface area (TPSA) is 97.9 Å². The number of hydrogen-bond acceptors (Lipinski definition) is 5. The minimum Gasteiger partial charge on any atom is -0.348 e. The maximum atomic E-state index is 12.8. The number of aryl methyl sites for hydroxylation is 1. The van der Waals surface area contributed by atoms with Crippen molar-refractivity contribution in [1.29, 1.82) is 0 Å². The number of carbonyl (C=O) groups excluding carboxylic acids is 2. The number of nitrogens with one attached hydrogen (secondary N) is 1. The third-order valence-corrected chi connectivity index (χ3v) is 5.68. The molecule has 2 fully saturated rings. The van der Waals surface area contributed by atoms with Crippen LogP contribution in [-0.4, -0.2) is 60.1 Å². The lowest BCUT2D eigenvalue weighted by Gasteiger charge is -2.23. The molecule has 3 heterocycles. The van der Waals surface area contributed by atoms with E-state index in [1.165, 1.54) is 12.8 Å². The van der Waals surface area contributed by atoms with E-state index in [1.807, 2.05) is 18.0 Å². The van der Waals surface area contributed by atoms with Gasteiger partial charge in [-0.3, -0.25) is 14.3 Å². The fourth-order valence-electron chi connectivity index (χ4n) is 4.13. The van der Waals surface area contributed by atoms with Crippen LogP contribution >= 0.6 is 0 Å². The van der Waals surface area contributed by atoms with Crippen LogP contribution in [0.1, 0.15) is 66.4 Å². The summed E-state index contributed by atoms with van der Waals surface area (Å²) in [6.45, 7) is 3.97. The van der Waals surface area contributed by atoms with Gasteiger partial charge in [0.05, 0.1) is 18.8 Å². The van der Waals surface area contributed by atoms with Gasteiger partial charge in [-0.2, -0.15) is 5.10 Å². The number of carbonyl (C=O) groups is 2. The normalized spacial score (nSPS) is 20.0. The summed E-state index contributed by atoms with van der Waals surface area (Å²) in [6, 6.07) is 2.05. The van der Waals surface area contributed by atoms with E-state index < -0.39 is 0 Å². The monoisotopic (exact) mass is 385 g/mol. The van der Waals surface area contributed by atoms with Crippen molar-refractivity contribution >= 4 is 11.8 Å². The number of amides is 2. The smallest absolute Gasteiger partial charge is 0.274 e. The Morgan fingerprint density at radius 1 is 1.14 bits per heavy atom. The van der Waals surface area contributed by atoms with Gasteiger partial charge in [0, 0.05) is 25.3 Å². The second-order valence-corrected chi connectivity index (χ2v) is 7.63. The van der Waals surface area contributed by atoms with Gasteiger partial charge >= 0.3 is 0 Å². The molecule has 0 aromatic carbocycles. The Morgan fingerprint density at radius 3 is 2.71 bits per heavy atom. The Bertz CT molecular complexity index is 837. The van der Waals surface area contributed by atoms with Crippen molar-refractivity contribution in [2.45, 2.75) is 70.6 Å². The van der Waals surface area contributed by atoms with Crippen LogP contribution in [0, 0.1) is 0 Å². The Balaban J connectivity index is 1.38. The minimum atomic E-state index is -0.164. The molecule has 4 rings (SSSR count). The molecule has 0 unspecified atom stereocenters. The summed E-state index contributed by atoms with van der Waals surface area (Å²) in [5, 5.41) is 15.5. The first-order chi connectivity index (χ1) is 13.6. The van der Waals surface area contributed by atoms with Crippen LogP contribution in [0.3, 0.4) is 0 Å². The largest absolute Gasteiger partial charge is 0.348 e. The standard InChI is InChI=1S/C19H27N7O2/c1-2-24-11-9-16(22-24)19(28)26-10-5-8-15(26)12-25-13-17(21-23-25)18(27)20-14-6-3-4-7-14/h9,11,13-15H,2-8,10,12H2,1H3,(H,20,27)/t15-/m0/s1. The van der Waals surface area contributed by atoms with E-state index in [0.717, 1.165) is 32.2 Å². The zero-order valence-corrected chi connectivity index (χ0v) is 16.3. The minimum absolute atomic E-state index is 0.0340. The molecule has 9 nitrogen and oxygen atoms in total. The molecule has 0 bridgehead atoms. The van der Waals surface area contributed by atoms with Crippen molar-refractivity contribution in [3.8, 4) is 0 Å². The molecule has 0 spiro atoms. The maximum Gasteiger partial charge on any atom is 0.274 e. The van der Waals surface area contributed by atoms with Gasteiger partial charge in [-0.1, -0.05) is 18.1 Å². The van der Waals surface area contributed by atoms with Crippen LogP contribution in [0.2, 0.25) is 0 Å². The van der Waals surface area contributed by atoms with Gasteiger partial charge in [-0.25, -0.2) is 4.68 Å². The first kappa shape index (κ1) is 18.6. The van der Waals surface area contributed by atoms with Gasteiger partial charge < -0.3 is 10.2 Å². The summed E-state index contributed by atoms with van der Waals surface area (Å²) in [4.78, 5) is 27.0. The van der Waals surface area contributed by atoms with Crippen molar-refractivity contribution in [1.82, 2.24) is 35.0 Å². The molecule has 0 radical (unpaired) electrons. The first-order valence-corrected chi connectivity index (χ1v) is 10.2. The zero-order chi connectivity index (χ0) is 19.5. The number of likely N-dealkylation sites (tertiary alicyclic amines) is 1. The predicted octanol–water partition coefficient (Wildman–Crippen LogP) is 1.47. The Hall–Kier alpha value is -2.71. The van der Waals surface area contributed by atoms with E-state index >= 15 is 0 Å². The van der Waals surface area contributed by atoms with E-state index in [0.29, 0.717) is 24.5 Å². The van der Waals surface area contributed by atoms with Gasteiger partial charge in [-0.05, 0) is 38.7 Å². The van der Waals surface area contributed by atoms with Crippen molar-refractivity contribution in [2.75, 3.05) is 6.54 Å². The lowest BCUT2D eigenvalue weighted by Crippen LogP contribution is -2.38. The lowest BCUT2D eigenvalue weighted by atomic mass is 10.2. The third kappa shape index (κ3) is 3.93. The van der Waals surface area contributed by atoms with E-state index in [2.05, 4.69) is 20.7 Å². The van der Waals surface area contributed by atoms with Crippen molar-refractivity contribution in [3.05, 3.63) is 29.8 Å². The second-order valence-electron chi connectivity index (χ2n) is 7.63. The van der Waals surface area contributed by atoms with Gasteiger partial charge in [0.25, 0.3) is 11.8 Å². The molecule has 2 aliphatic rings. The number of hydrogen-bond donors (Lipinski definition) is 1. The van der Waals surface area contributed by atoms with Crippen LogP contribution in [-0.2, 0) is 13.1 Å². The maximum absolute atomic E-state index is 12.8. The number of aromatic nitrogens is 5. The molecular formula is C19H27N7O2. The molecule has 1 atom stereocenters. The zero-order valence-electron chi connectivity index (χ0n) is 16.3. The van der Waals surface area contributed by atoms with Gasteiger partial charge in [0.1, 0.15) is 5.69 Å². The highest BCUT2D eigenvalue weighted by Crippen LogP contribution is 2.21. The molecule has 1 saturated carbocycles. The molecule has 9 heteroatoms. The summed E-state index contributed by atoms with van der Waals surface area (Å²) in [5.41, 5.74) is 0.813. The highest BCUT2D eigenvalue weighted by atomic mass is 16.2. The number of rotatable bonds is 6. The quantitative estimate of drug-likeness (QED) is 0.812. The number of nitrogens with zero attached hydrogens (tertiary/aromatic N) is 6. The van der Waals surface area contributed by atoms with Crippen LogP contribution in [0.25, 0.3) is 0 Å². The lowest BCUT2D eigenvalue weighted by molar-refractivity contribution is 0.0714. The summed E-state index contributed by atoms with van der Waals surface area (Å²) >= 11 is 0. The van der Waals surface area contributed by atoms with E-state index in [1.54, 1.807) is 21.6 Å². The summed E-state index contributed by atoms with van der Waals surface area (Å²) in [5.74, 6) is -0.211. The molecular weight excluding hydrogens is 358 g/mol. The molecule has 2 aromatic rings. The van der Waals surface area contributed by atoms with Gasteiger partial charge in [0.15, 0.2) is 5.69 Å². The van der Waals surface area contributed by atoms with Gasteiger partial charge in [0.2, 0.25) is 0 Å². The average molecular weight is 385 g/mol. The second kappa shape index (κ2) is 8.12. The predicted molar refractivity (Wildman–Crippen MR) is 102 cm³/mol. The Morgan fingerprint density at radius 2 is 1.96 bits per heavy atom. The molecule has 1 aliphatic heterocycles. The van der Waals surface area contributed by atoms with E-state index in [-0.39, 0.29) is 23.9 Å². The highest BCUT2D eigenvalue weighted by Gasteiger charge is 2.31. The summed E-state index contributed by atoms with van der Waals surface area (Å²) in [6.07, 6.45) is 9.76. The van der Waals surface area contributed by atoms with E-state index in [4.69, 9.17) is 0 Å². The Labute approximate surface area is 164 Å². The molecule has 28 heavy (non-hydrogen) atoms. The molecule has 150 valence electrons. The average Bonchev–Trinajstić information content (AvgIpc) is 3.48. The molecule has 2 aromatic heterocycles. The SMILES string of the molecule is CCn1ccc(C(=O)N2CCC[C@H]2Cn2cc(C(=O)NC3CCCC3)nn2)n1. The van der Waals surface area contributed by atoms with Gasteiger partial charge in [-0.15, -0.1) is 5.10 Å². The summed E-state index contributed by atoms with van der Waals surface area (Å²) < 4.78 is 3.43. The fourth-order valence-corrected chi connectivity index (χ4v) is 4.13. The van der Waals surface area contributed by atoms with Crippen LogP contribution in [0.15, 0.2) is 18.5 Å². The summed E-state index contributed by atoms with van der Waals surface area (Å²) in [7, 11) is 0. The van der Waals surface area contributed by atoms with Crippen LogP contribution < -0.4 is 5.32 Å². The fraction of sp³-hybridized carbons (Fsp3) is 0.632. The van der Waals surface area contributed by atoms with Crippen molar-refractivity contribution in [3.63, 3.8) is 0 Å².